The van der Waals surface area contributed by atoms with Crippen LogP contribution in [-0.4, -0.2) is 13.7 Å². The minimum absolute atomic E-state index is 0.253. The van der Waals surface area contributed by atoms with E-state index in [1.54, 1.807) is 0 Å². The van der Waals surface area contributed by atoms with E-state index in [2.05, 4.69) is 29.6 Å². The molecule has 0 bridgehead atoms. The summed E-state index contributed by atoms with van der Waals surface area (Å²) in [6.45, 7) is 4.65. The fourth-order valence-corrected chi connectivity index (χ4v) is 3.00. The van der Waals surface area contributed by atoms with E-state index in [4.69, 9.17) is 10.00 Å². The van der Waals surface area contributed by atoms with E-state index < -0.39 is 0 Å². The Balaban J connectivity index is 1.97. The standard InChI is InChI=1S/C18H26N2O/c1-18(2,13-19)11-6-12-21-17-10-5-7-14-15(17)8-4-9-16(14)20-3/h5,7,10,16,20H,4,6,8-9,11-12H2,1-3H3. The van der Waals surface area contributed by atoms with Gasteiger partial charge in [-0.3, -0.25) is 0 Å². The van der Waals surface area contributed by atoms with Crippen molar-refractivity contribution in [2.75, 3.05) is 13.7 Å². The summed E-state index contributed by atoms with van der Waals surface area (Å²) in [6, 6.07) is 9.16. The summed E-state index contributed by atoms with van der Waals surface area (Å²) in [6.07, 6.45) is 5.30. The van der Waals surface area contributed by atoms with Crippen molar-refractivity contribution in [3.8, 4) is 11.8 Å². The van der Waals surface area contributed by atoms with Crippen molar-refractivity contribution in [1.82, 2.24) is 5.32 Å². The molecule has 114 valence electrons. The molecule has 1 unspecified atom stereocenters. The van der Waals surface area contributed by atoms with Crippen LogP contribution in [-0.2, 0) is 6.42 Å². The Labute approximate surface area is 128 Å². The van der Waals surface area contributed by atoms with E-state index in [-0.39, 0.29) is 5.41 Å². The molecule has 3 nitrogen and oxygen atoms in total. The van der Waals surface area contributed by atoms with Gasteiger partial charge in [0.05, 0.1) is 18.1 Å². The highest BCUT2D eigenvalue weighted by molar-refractivity contribution is 5.43. The second-order valence-corrected chi connectivity index (χ2v) is 6.51. The molecule has 0 spiro atoms. The van der Waals surface area contributed by atoms with Crippen LogP contribution in [0.4, 0.5) is 0 Å². The summed E-state index contributed by atoms with van der Waals surface area (Å²) in [4.78, 5) is 0. The molecule has 1 aromatic rings. The molecule has 0 aromatic heterocycles. The predicted octanol–water partition coefficient (Wildman–Crippen LogP) is 3.99. The maximum atomic E-state index is 9.03. The molecule has 21 heavy (non-hydrogen) atoms. The first kappa shape index (κ1) is 15.9. The number of hydrogen-bond donors (Lipinski definition) is 1. The lowest BCUT2D eigenvalue weighted by Crippen LogP contribution is -2.22. The molecular formula is C18H26N2O. The van der Waals surface area contributed by atoms with Gasteiger partial charge in [-0.2, -0.15) is 5.26 Å². The van der Waals surface area contributed by atoms with Crippen molar-refractivity contribution in [3.05, 3.63) is 29.3 Å². The molecule has 0 aliphatic heterocycles. The molecule has 0 fully saturated rings. The average Bonchev–Trinajstić information content (AvgIpc) is 2.51. The topological polar surface area (TPSA) is 45.0 Å². The Kier molecular flexibility index (Phi) is 5.25. The molecule has 0 saturated carbocycles. The first-order valence-electron chi connectivity index (χ1n) is 7.90. The third-order valence-electron chi connectivity index (χ3n) is 4.32. The molecule has 1 N–H and O–H groups in total. The summed E-state index contributed by atoms with van der Waals surface area (Å²) in [5.41, 5.74) is 2.50. The van der Waals surface area contributed by atoms with Crippen molar-refractivity contribution in [2.45, 2.75) is 52.0 Å². The zero-order chi connectivity index (χ0) is 15.3. The van der Waals surface area contributed by atoms with Gasteiger partial charge in [-0.25, -0.2) is 0 Å². The van der Waals surface area contributed by atoms with Crippen LogP contribution >= 0.6 is 0 Å². The third kappa shape index (κ3) is 3.98. The summed E-state index contributed by atoms with van der Waals surface area (Å²) in [5.74, 6) is 1.03. The Hall–Kier alpha value is -1.53. The predicted molar refractivity (Wildman–Crippen MR) is 85.3 cm³/mol. The molecule has 0 radical (unpaired) electrons. The maximum absolute atomic E-state index is 9.03. The van der Waals surface area contributed by atoms with Crippen LogP contribution in [0.15, 0.2) is 18.2 Å². The van der Waals surface area contributed by atoms with Crippen LogP contribution in [0.5, 0.6) is 5.75 Å². The van der Waals surface area contributed by atoms with Gasteiger partial charge in [-0.15, -0.1) is 0 Å². The fourth-order valence-electron chi connectivity index (χ4n) is 3.00. The van der Waals surface area contributed by atoms with Crippen LogP contribution in [0.2, 0.25) is 0 Å². The maximum Gasteiger partial charge on any atom is 0.122 e. The SMILES string of the molecule is CNC1CCCc2c(OCCCC(C)(C)C#N)cccc21. The molecule has 1 aromatic carbocycles. The lowest BCUT2D eigenvalue weighted by atomic mass is 9.87. The van der Waals surface area contributed by atoms with E-state index in [0.717, 1.165) is 25.0 Å². The van der Waals surface area contributed by atoms with E-state index in [1.807, 2.05) is 20.9 Å². The second kappa shape index (κ2) is 6.95. The number of rotatable bonds is 6. The summed E-state index contributed by atoms with van der Waals surface area (Å²) < 4.78 is 6.00. The second-order valence-electron chi connectivity index (χ2n) is 6.51. The minimum atomic E-state index is -0.253. The molecular weight excluding hydrogens is 260 g/mol. The Morgan fingerprint density at radius 3 is 2.95 bits per heavy atom. The molecule has 0 heterocycles. The van der Waals surface area contributed by atoms with Crippen molar-refractivity contribution in [2.24, 2.45) is 5.41 Å². The third-order valence-corrected chi connectivity index (χ3v) is 4.32. The van der Waals surface area contributed by atoms with Gasteiger partial charge in [-0.05, 0) is 70.2 Å². The number of nitrogens with zero attached hydrogens (tertiary/aromatic N) is 1. The quantitative estimate of drug-likeness (QED) is 0.804. The fraction of sp³-hybridized carbons (Fsp3) is 0.611. The van der Waals surface area contributed by atoms with Crippen molar-refractivity contribution >= 4 is 0 Å². The number of fused-ring (bicyclic) bond motifs is 1. The Morgan fingerprint density at radius 2 is 2.24 bits per heavy atom. The number of nitriles is 1. The van der Waals surface area contributed by atoms with Crippen LogP contribution in [0.1, 0.15) is 56.7 Å². The van der Waals surface area contributed by atoms with E-state index >= 15 is 0 Å². The number of benzene rings is 1. The van der Waals surface area contributed by atoms with E-state index in [1.165, 1.54) is 24.0 Å². The molecule has 1 aliphatic rings. The van der Waals surface area contributed by atoms with Crippen LogP contribution in [0.3, 0.4) is 0 Å². The van der Waals surface area contributed by atoms with Gasteiger partial charge < -0.3 is 10.1 Å². The summed E-state index contributed by atoms with van der Waals surface area (Å²) >= 11 is 0. The molecule has 2 rings (SSSR count). The highest BCUT2D eigenvalue weighted by Crippen LogP contribution is 2.35. The van der Waals surface area contributed by atoms with Crippen molar-refractivity contribution in [3.63, 3.8) is 0 Å². The van der Waals surface area contributed by atoms with Crippen LogP contribution < -0.4 is 10.1 Å². The van der Waals surface area contributed by atoms with Gasteiger partial charge in [0.25, 0.3) is 0 Å². The largest absolute Gasteiger partial charge is 0.493 e. The highest BCUT2D eigenvalue weighted by atomic mass is 16.5. The van der Waals surface area contributed by atoms with E-state index in [0.29, 0.717) is 12.6 Å². The van der Waals surface area contributed by atoms with Gasteiger partial charge in [0.1, 0.15) is 5.75 Å². The monoisotopic (exact) mass is 286 g/mol. The Bertz CT molecular complexity index is 516. The number of nitrogens with one attached hydrogen (secondary N) is 1. The summed E-state index contributed by atoms with van der Waals surface area (Å²) in [7, 11) is 2.03. The molecule has 0 saturated heterocycles. The van der Waals surface area contributed by atoms with E-state index in [9.17, 15) is 0 Å². The highest BCUT2D eigenvalue weighted by Gasteiger charge is 2.21. The summed E-state index contributed by atoms with van der Waals surface area (Å²) in [5, 5.41) is 12.4. The first-order chi connectivity index (χ1) is 10.1. The van der Waals surface area contributed by atoms with Crippen molar-refractivity contribution in [1.29, 1.82) is 5.26 Å². The lowest BCUT2D eigenvalue weighted by molar-refractivity contribution is 0.280. The normalized spacial score (nSPS) is 17.9. The minimum Gasteiger partial charge on any atom is -0.493 e. The molecule has 0 amide bonds. The van der Waals surface area contributed by atoms with Gasteiger partial charge in [0.2, 0.25) is 0 Å². The number of hydrogen-bond acceptors (Lipinski definition) is 3. The van der Waals surface area contributed by atoms with Gasteiger partial charge in [0.15, 0.2) is 0 Å². The Morgan fingerprint density at radius 1 is 1.43 bits per heavy atom. The zero-order valence-electron chi connectivity index (χ0n) is 13.4. The zero-order valence-corrected chi connectivity index (χ0v) is 13.4. The smallest absolute Gasteiger partial charge is 0.122 e. The average molecular weight is 286 g/mol. The van der Waals surface area contributed by atoms with Gasteiger partial charge >= 0.3 is 0 Å². The molecule has 1 aliphatic carbocycles. The number of ether oxygens (including phenoxy) is 1. The van der Waals surface area contributed by atoms with Gasteiger partial charge in [-0.1, -0.05) is 12.1 Å². The van der Waals surface area contributed by atoms with Crippen LogP contribution in [0, 0.1) is 16.7 Å². The van der Waals surface area contributed by atoms with Crippen molar-refractivity contribution < 1.29 is 4.74 Å². The lowest BCUT2D eigenvalue weighted by Gasteiger charge is -2.27. The first-order valence-corrected chi connectivity index (χ1v) is 7.90. The molecule has 1 atom stereocenters. The molecule has 3 heteroatoms. The van der Waals surface area contributed by atoms with Crippen LogP contribution in [0.25, 0.3) is 0 Å². The van der Waals surface area contributed by atoms with Gasteiger partial charge in [0, 0.05) is 6.04 Å².